The molecule has 6 heteroatoms. The molecule has 0 aliphatic heterocycles. The van der Waals surface area contributed by atoms with Gasteiger partial charge in [0.25, 0.3) is 5.89 Å². The van der Waals surface area contributed by atoms with Crippen LogP contribution in [0.15, 0.2) is 22.7 Å². The van der Waals surface area contributed by atoms with Crippen molar-refractivity contribution < 1.29 is 14.4 Å². The maximum Gasteiger partial charge on any atom is 0.264 e. The van der Waals surface area contributed by atoms with E-state index < -0.39 is 0 Å². The van der Waals surface area contributed by atoms with E-state index in [1.165, 1.54) is 0 Å². The molecule has 18 heavy (non-hydrogen) atoms. The highest BCUT2D eigenvalue weighted by Crippen LogP contribution is 2.26. The van der Waals surface area contributed by atoms with Gasteiger partial charge in [-0.2, -0.15) is 4.98 Å². The van der Waals surface area contributed by atoms with Crippen LogP contribution < -0.4 is 4.74 Å². The number of aliphatic hydroxyl groups is 1. The molecule has 96 valence electrons. The molecular formula is C12H13ClN2O3. The summed E-state index contributed by atoms with van der Waals surface area (Å²) >= 11 is 5.95. The largest absolute Gasteiger partial charge is 0.483 e. The second-order valence-corrected chi connectivity index (χ2v) is 4.03. The highest BCUT2D eigenvalue weighted by molar-refractivity contribution is 6.31. The Morgan fingerprint density at radius 2 is 2.28 bits per heavy atom. The average molecular weight is 269 g/mol. The molecule has 0 aliphatic carbocycles. The summed E-state index contributed by atoms with van der Waals surface area (Å²) in [6, 6.07) is 5.18. The summed E-state index contributed by atoms with van der Waals surface area (Å²) in [4.78, 5) is 4.12. The minimum absolute atomic E-state index is 0.153. The Balaban J connectivity index is 2.08. The lowest BCUT2D eigenvalue weighted by Gasteiger charge is -2.09. The Morgan fingerprint density at radius 3 is 2.94 bits per heavy atom. The molecule has 0 amide bonds. The lowest BCUT2D eigenvalue weighted by atomic mass is 10.2. The van der Waals surface area contributed by atoms with Crippen molar-refractivity contribution in [2.75, 3.05) is 0 Å². The second kappa shape index (κ2) is 5.84. The van der Waals surface area contributed by atoms with Crippen molar-refractivity contribution in [1.29, 1.82) is 0 Å². The minimum Gasteiger partial charge on any atom is -0.483 e. The molecule has 1 heterocycles. The molecule has 1 aromatic heterocycles. The van der Waals surface area contributed by atoms with Crippen LogP contribution in [0.4, 0.5) is 0 Å². The summed E-state index contributed by atoms with van der Waals surface area (Å²) in [5, 5.41) is 13.5. The maximum absolute atomic E-state index is 9.22. The first-order valence-corrected chi connectivity index (χ1v) is 5.95. The van der Waals surface area contributed by atoms with E-state index >= 15 is 0 Å². The molecule has 0 aliphatic rings. The predicted molar refractivity (Wildman–Crippen MR) is 65.4 cm³/mol. The molecule has 0 saturated carbocycles. The van der Waals surface area contributed by atoms with E-state index in [-0.39, 0.29) is 13.2 Å². The number of aryl methyl sites for hydroxylation is 1. The fraction of sp³-hybridized carbons (Fsp3) is 0.333. The summed E-state index contributed by atoms with van der Waals surface area (Å²) in [6.45, 7) is 1.91. The number of benzene rings is 1. The summed E-state index contributed by atoms with van der Waals surface area (Å²) in [5.74, 6) is 1.55. The van der Waals surface area contributed by atoms with Gasteiger partial charge in [-0.3, -0.25) is 0 Å². The van der Waals surface area contributed by atoms with Crippen molar-refractivity contribution >= 4 is 11.6 Å². The van der Waals surface area contributed by atoms with Gasteiger partial charge >= 0.3 is 0 Å². The number of aliphatic hydroxyl groups excluding tert-OH is 1. The third-order valence-corrected chi connectivity index (χ3v) is 2.77. The molecule has 0 atom stereocenters. The zero-order valence-corrected chi connectivity index (χ0v) is 10.6. The van der Waals surface area contributed by atoms with Crippen molar-refractivity contribution in [3.8, 4) is 5.75 Å². The highest BCUT2D eigenvalue weighted by Gasteiger charge is 2.10. The zero-order valence-electron chi connectivity index (χ0n) is 9.89. The van der Waals surface area contributed by atoms with Crippen LogP contribution in [0.3, 0.4) is 0 Å². The average Bonchev–Trinajstić information content (AvgIpc) is 2.84. The third-order valence-electron chi connectivity index (χ3n) is 2.41. The molecule has 0 unspecified atom stereocenters. The van der Waals surface area contributed by atoms with Gasteiger partial charge in [-0.1, -0.05) is 29.7 Å². The number of aromatic nitrogens is 2. The number of ether oxygens (including phenoxy) is 1. The molecule has 1 N–H and O–H groups in total. The van der Waals surface area contributed by atoms with E-state index in [0.717, 1.165) is 0 Å². The molecule has 2 rings (SSSR count). The Bertz CT molecular complexity index is 528. The molecule has 5 nitrogen and oxygen atoms in total. The Hall–Kier alpha value is -1.59. The van der Waals surface area contributed by atoms with E-state index in [4.69, 9.17) is 20.9 Å². The van der Waals surface area contributed by atoms with Crippen molar-refractivity contribution in [3.05, 3.63) is 40.5 Å². The van der Waals surface area contributed by atoms with Crippen LogP contribution >= 0.6 is 11.6 Å². The molecule has 1 aromatic carbocycles. The van der Waals surface area contributed by atoms with Crippen LogP contribution in [0.2, 0.25) is 5.02 Å². The standard InChI is InChI=1S/C12H13ClN2O3/c1-2-11-14-12(18-15-11)7-17-10-5-3-4-9(13)8(10)6-16/h3-5,16H,2,6-7H2,1H3. The molecule has 0 saturated heterocycles. The minimum atomic E-state index is -0.181. The van der Waals surface area contributed by atoms with E-state index in [1.807, 2.05) is 6.92 Å². The van der Waals surface area contributed by atoms with Crippen molar-refractivity contribution in [2.45, 2.75) is 26.6 Å². The molecule has 0 bridgehead atoms. The Kier molecular flexibility index (Phi) is 4.17. The van der Waals surface area contributed by atoms with E-state index in [9.17, 15) is 5.11 Å². The smallest absolute Gasteiger partial charge is 0.264 e. The normalized spacial score (nSPS) is 10.6. The molecule has 0 fully saturated rings. The highest BCUT2D eigenvalue weighted by atomic mass is 35.5. The maximum atomic E-state index is 9.22. The summed E-state index contributed by atoms with van der Waals surface area (Å²) in [5.41, 5.74) is 0.550. The summed E-state index contributed by atoms with van der Waals surface area (Å²) in [6.07, 6.45) is 0.711. The molecule has 0 radical (unpaired) electrons. The SMILES string of the molecule is CCc1noc(COc2cccc(Cl)c2CO)n1. The zero-order chi connectivity index (χ0) is 13.0. The van der Waals surface area contributed by atoms with Gasteiger partial charge in [-0.25, -0.2) is 0 Å². The van der Waals surface area contributed by atoms with Gasteiger partial charge in [0.2, 0.25) is 0 Å². The van der Waals surface area contributed by atoms with Crippen molar-refractivity contribution in [1.82, 2.24) is 10.1 Å². The van der Waals surface area contributed by atoms with Gasteiger partial charge in [0, 0.05) is 17.0 Å². The Morgan fingerprint density at radius 1 is 1.44 bits per heavy atom. The van der Waals surface area contributed by atoms with E-state index in [2.05, 4.69) is 10.1 Å². The first-order chi connectivity index (χ1) is 8.74. The number of halogens is 1. The van der Waals surface area contributed by atoms with Gasteiger partial charge in [-0.15, -0.1) is 0 Å². The van der Waals surface area contributed by atoms with Gasteiger partial charge in [-0.05, 0) is 12.1 Å². The third kappa shape index (κ3) is 2.80. The van der Waals surface area contributed by atoms with Crippen molar-refractivity contribution in [2.24, 2.45) is 0 Å². The fourth-order valence-electron chi connectivity index (χ4n) is 1.46. The monoisotopic (exact) mass is 268 g/mol. The predicted octanol–water partition coefficient (Wildman–Crippen LogP) is 2.36. The number of nitrogens with zero attached hydrogens (tertiary/aromatic N) is 2. The van der Waals surface area contributed by atoms with Gasteiger partial charge in [0.05, 0.1) is 6.61 Å². The van der Waals surface area contributed by atoms with Crippen LogP contribution in [-0.4, -0.2) is 15.2 Å². The van der Waals surface area contributed by atoms with Gasteiger partial charge < -0.3 is 14.4 Å². The quantitative estimate of drug-likeness (QED) is 0.901. The molecule has 2 aromatic rings. The van der Waals surface area contributed by atoms with Crippen LogP contribution in [-0.2, 0) is 19.6 Å². The molecular weight excluding hydrogens is 256 g/mol. The molecule has 0 spiro atoms. The number of hydrogen-bond donors (Lipinski definition) is 1. The fourth-order valence-corrected chi connectivity index (χ4v) is 1.69. The van der Waals surface area contributed by atoms with E-state index in [1.54, 1.807) is 18.2 Å². The van der Waals surface area contributed by atoms with Crippen LogP contribution in [0.1, 0.15) is 24.2 Å². The van der Waals surface area contributed by atoms with Crippen LogP contribution in [0, 0.1) is 0 Å². The van der Waals surface area contributed by atoms with Crippen LogP contribution in [0.25, 0.3) is 0 Å². The topological polar surface area (TPSA) is 68.4 Å². The Labute approximate surface area is 109 Å². The van der Waals surface area contributed by atoms with Gasteiger partial charge in [0.15, 0.2) is 12.4 Å². The summed E-state index contributed by atoms with van der Waals surface area (Å²) < 4.78 is 10.5. The van der Waals surface area contributed by atoms with Gasteiger partial charge in [0.1, 0.15) is 5.75 Å². The second-order valence-electron chi connectivity index (χ2n) is 3.62. The van der Waals surface area contributed by atoms with Crippen LogP contribution in [0.5, 0.6) is 5.75 Å². The lowest BCUT2D eigenvalue weighted by molar-refractivity contribution is 0.229. The lowest BCUT2D eigenvalue weighted by Crippen LogP contribution is -1.99. The summed E-state index contributed by atoms with van der Waals surface area (Å²) in [7, 11) is 0. The number of rotatable bonds is 5. The van der Waals surface area contributed by atoms with Crippen molar-refractivity contribution in [3.63, 3.8) is 0 Å². The first kappa shape index (κ1) is 12.9. The van der Waals surface area contributed by atoms with E-state index in [0.29, 0.717) is 34.5 Å². The first-order valence-electron chi connectivity index (χ1n) is 5.57. The number of hydrogen-bond acceptors (Lipinski definition) is 5.